The van der Waals surface area contributed by atoms with Crippen LogP contribution in [0.2, 0.25) is 0 Å². The highest BCUT2D eigenvalue weighted by atomic mass is 16.2. The largest absolute Gasteiger partial charge is 0.294 e. The van der Waals surface area contributed by atoms with Crippen molar-refractivity contribution < 1.29 is 9.59 Å². The Bertz CT molecular complexity index is 218. The second kappa shape index (κ2) is 2.91. The van der Waals surface area contributed by atoms with E-state index >= 15 is 0 Å². The van der Waals surface area contributed by atoms with Crippen LogP contribution in [0.4, 0.5) is 0 Å². The number of rotatable bonds is 0. The normalized spacial score (nSPS) is 18.0. The van der Waals surface area contributed by atoms with Gasteiger partial charge in [0.25, 0.3) is 0 Å². The molecule has 0 spiro atoms. The fourth-order valence-electron chi connectivity index (χ4n) is 0.559. The molecular weight excluding hydrogens is 132 g/mol. The third-order valence-electron chi connectivity index (χ3n) is 0.967. The first kappa shape index (κ1) is 6.67. The SMILES string of the molecule is O=C1C=CC=NNC(=O)C1. The van der Waals surface area contributed by atoms with Crippen LogP contribution in [0, 0.1) is 0 Å². The summed E-state index contributed by atoms with van der Waals surface area (Å²) in [6.07, 6.45) is 4.05. The Morgan fingerprint density at radius 2 is 2.30 bits per heavy atom. The summed E-state index contributed by atoms with van der Waals surface area (Å²) < 4.78 is 0. The molecule has 0 unspecified atom stereocenters. The molecular formula is C6H6N2O2. The van der Waals surface area contributed by atoms with E-state index in [1.165, 1.54) is 18.4 Å². The van der Waals surface area contributed by atoms with Crippen LogP contribution in [-0.2, 0) is 9.59 Å². The minimum absolute atomic E-state index is 0.117. The third kappa shape index (κ3) is 1.81. The highest BCUT2D eigenvalue weighted by Crippen LogP contribution is 1.87. The van der Waals surface area contributed by atoms with Gasteiger partial charge in [-0.3, -0.25) is 9.59 Å². The third-order valence-corrected chi connectivity index (χ3v) is 0.967. The standard InChI is InChI=1S/C6H6N2O2/c9-5-2-1-3-7-8-6(10)4-5/h1-3H,4H2,(H,8,10). The van der Waals surface area contributed by atoms with Crippen molar-refractivity contribution >= 4 is 17.9 Å². The van der Waals surface area contributed by atoms with Crippen LogP contribution in [0.3, 0.4) is 0 Å². The quantitative estimate of drug-likeness (QED) is 0.464. The van der Waals surface area contributed by atoms with E-state index in [1.807, 2.05) is 0 Å². The van der Waals surface area contributed by atoms with Gasteiger partial charge < -0.3 is 0 Å². The van der Waals surface area contributed by atoms with Crippen LogP contribution < -0.4 is 5.43 Å². The number of hydrogen-bond acceptors (Lipinski definition) is 3. The number of carbonyl (C=O) groups excluding carboxylic acids is 2. The molecule has 52 valence electrons. The maximum absolute atomic E-state index is 10.6. The van der Waals surface area contributed by atoms with Crippen molar-refractivity contribution in [3.8, 4) is 0 Å². The maximum Gasteiger partial charge on any atom is 0.247 e. The van der Waals surface area contributed by atoms with Crippen LogP contribution >= 0.6 is 0 Å². The topological polar surface area (TPSA) is 58.5 Å². The van der Waals surface area contributed by atoms with Crippen molar-refractivity contribution in [2.75, 3.05) is 0 Å². The van der Waals surface area contributed by atoms with Gasteiger partial charge in [0, 0.05) is 6.21 Å². The molecule has 0 aromatic heterocycles. The van der Waals surface area contributed by atoms with Gasteiger partial charge in [-0.25, -0.2) is 5.43 Å². The number of ketones is 1. The molecule has 1 aliphatic heterocycles. The predicted octanol–water partition coefficient (Wildman–Crippen LogP) is -0.383. The van der Waals surface area contributed by atoms with E-state index in [-0.39, 0.29) is 18.1 Å². The molecule has 4 heteroatoms. The Hall–Kier alpha value is -1.45. The summed E-state index contributed by atoms with van der Waals surface area (Å²) in [6.45, 7) is 0. The van der Waals surface area contributed by atoms with Gasteiger partial charge >= 0.3 is 0 Å². The van der Waals surface area contributed by atoms with Crippen molar-refractivity contribution in [3.63, 3.8) is 0 Å². The molecule has 1 N–H and O–H groups in total. The lowest BCUT2D eigenvalue weighted by Gasteiger charge is -1.96. The lowest BCUT2D eigenvalue weighted by atomic mass is 10.2. The summed E-state index contributed by atoms with van der Waals surface area (Å²) >= 11 is 0. The monoisotopic (exact) mass is 138 g/mol. The van der Waals surface area contributed by atoms with E-state index in [0.29, 0.717) is 0 Å². The zero-order chi connectivity index (χ0) is 7.40. The second-order valence-corrected chi connectivity index (χ2v) is 1.82. The Morgan fingerprint density at radius 1 is 1.50 bits per heavy atom. The number of hydrazone groups is 1. The number of allylic oxidation sites excluding steroid dienone is 2. The smallest absolute Gasteiger partial charge is 0.247 e. The van der Waals surface area contributed by atoms with Crippen molar-refractivity contribution in [3.05, 3.63) is 12.2 Å². The van der Waals surface area contributed by atoms with Gasteiger partial charge in [0.05, 0.1) is 6.42 Å². The van der Waals surface area contributed by atoms with Gasteiger partial charge in [-0.1, -0.05) is 0 Å². The van der Waals surface area contributed by atoms with Crippen LogP contribution in [0.1, 0.15) is 6.42 Å². The molecule has 0 radical (unpaired) electrons. The van der Waals surface area contributed by atoms with E-state index in [2.05, 4.69) is 10.5 Å². The minimum Gasteiger partial charge on any atom is -0.294 e. The molecule has 0 aliphatic carbocycles. The molecule has 1 amide bonds. The van der Waals surface area contributed by atoms with Gasteiger partial charge in [-0.05, 0) is 12.2 Å². The molecule has 10 heavy (non-hydrogen) atoms. The molecule has 0 fully saturated rings. The molecule has 1 heterocycles. The maximum atomic E-state index is 10.6. The summed E-state index contributed by atoms with van der Waals surface area (Å²) in [4.78, 5) is 21.2. The molecule has 0 bridgehead atoms. The summed E-state index contributed by atoms with van der Waals surface area (Å²) in [6, 6.07) is 0. The van der Waals surface area contributed by atoms with Crippen LogP contribution in [-0.4, -0.2) is 17.9 Å². The zero-order valence-corrected chi connectivity index (χ0v) is 5.20. The summed E-state index contributed by atoms with van der Waals surface area (Å²) in [5.74, 6) is -0.575. The fraction of sp³-hybridized carbons (Fsp3) is 0.167. The highest BCUT2D eigenvalue weighted by molar-refractivity contribution is 6.05. The predicted molar refractivity (Wildman–Crippen MR) is 35.4 cm³/mol. The number of carbonyl (C=O) groups is 2. The van der Waals surface area contributed by atoms with Crippen molar-refractivity contribution in [2.24, 2.45) is 5.10 Å². The van der Waals surface area contributed by atoms with E-state index < -0.39 is 0 Å². The summed E-state index contributed by atoms with van der Waals surface area (Å²) in [7, 11) is 0. The molecule has 0 atom stereocenters. The van der Waals surface area contributed by atoms with E-state index in [1.54, 1.807) is 0 Å². The molecule has 1 rings (SSSR count). The van der Waals surface area contributed by atoms with Gasteiger partial charge in [-0.15, -0.1) is 0 Å². The zero-order valence-electron chi connectivity index (χ0n) is 5.20. The number of amides is 1. The number of hydrogen-bond donors (Lipinski definition) is 1. The highest BCUT2D eigenvalue weighted by Gasteiger charge is 2.05. The summed E-state index contributed by atoms with van der Waals surface area (Å²) in [5.41, 5.74) is 2.17. The van der Waals surface area contributed by atoms with E-state index in [9.17, 15) is 9.59 Å². The van der Waals surface area contributed by atoms with Gasteiger partial charge in [0.15, 0.2) is 5.78 Å². The Balaban J connectivity index is 2.70. The minimum atomic E-state index is -0.370. The van der Waals surface area contributed by atoms with Gasteiger partial charge in [-0.2, -0.15) is 5.10 Å². The van der Waals surface area contributed by atoms with Crippen LogP contribution in [0.25, 0.3) is 0 Å². The van der Waals surface area contributed by atoms with Crippen molar-refractivity contribution in [1.29, 1.82) is 0 Å². The van der Waals surface area contributed by atoms with Crippen LogP contribution in [0.5, 0.6) is 0 Å². The number of nitrogens with zero attached hydrogens (tertiary/aromatic N) is 1. The molecule has 0 aromatic rings. The van der Waals surface area contributed by atoms with Gasteiger partial charge in [0.1, 0.15) is 0 Å². The first-order chi connectivity index (χ1) is 4.79. The summed E-state index contributed by atoms with van der Waals surface area (Å²) in [5, 5.41) is 3.48. The van der Waals surface area contributed by atoms with Crippen LogP contribution in [0.15, 0.2) is 17.3 Å². The van der Waals surface area contributed by atoms with Gasteiger partial charge in [0.2, 0.25) is 5.91 Å². The Kier molecular flexibility index (Phi) is 1.94. The first-order valence-corrected chi connectivity index (χ1v) is 2.80. The molecule has 0 saturated heterocycles. The second-order valence-electron chi connectivity index (χ2n) is 1.82. The van der Waals surface area contributed by atoms with E-state index in [0.717, 1.165) is 0 Å². The average Bonchev–Trinajstić information content (AvgIpc) is 1.83. The van der Waals surface area contributed by atoms with E-state index in [4.69, 9.17) is 0 Å². The Labute approximate surface area is 57.6 Å². The number of nitrogens with one attached hydrogen (secondary N) is 1. The van der Waals surface area contributed by atoms with Crippen molar-refractivity contribution in [1.82, 2.24) is 5.43 Å². The fourth-order valence-corrected chi connectivity index (χ4v) is 0.559. The first-order valence-electron chi connectivity index (χ1n) is 2.80. The molecule has 1 aliphatic rings. The molecule has 0 saturated carbocycles. The lowest BCUT2D eigenvalue weighted by Crippen LogP contribution is -2.21. The lowest BCUT2D eigenvalue weighted by molar-refractivity contribution is -0.126. The van der Waals surface area contributed by atoms with Crippen molar-refractivity contribution in [2.45, 2.75) is 6.42 Å². The Morgan fingerprint density at radius 3 is 3.10 bits per heavy atom. The molecule has 4 nitrogen and oxygen atoms in total. The average molecular weight is 138 g/mol. The molecule has 0 aromatic carbocycles.